The van der Waals surface area contributed by atoms with Gasteiger partial charge in [-0.05, 0) is 18.2 Å². The fourth-order valence-corrected chi connectivity index (χ4v) is 1.70. The molecule has 0 bridgehead atoms. The van der Waals surface area contributed by atoms with Crippen LogP contribution in [0, 0.1) is 5.92 Å². The summed E-state index contributed by atoms with van der Waals surface area (Å²) < 4.78 is 38.5. The van der Waals surface area contributed by atoms with Crippen molar-refractivity contribution in [2.45, 2.75) is 26.2 Å². The molecule has 0 aromatic heterocycles. The van der Waals surface area contributed by atoms with E-state index >= 15 is 0 Å². The molecule has 0 aliphatic carbocycles. The van der Waals surface area contributed by atoms with Gasteiger partial charge in [-0.15, -0.1) is 0 Å². The van der Waals surface area contributed by atoms with Gasteiger partial charge in [-0.2, -0.15) is 0 Å². The molecule has 0 amide bonds. The summed E-state index contributed by atoms with van der Waals surface area (Å²) in [7, 11) is 0. The van der Waals surface area contributed by atoms with Gasteiger partial charge in [0.25, 0.3) is 5.92 Å². The van der Waals surface area contributed by atoms with Crippen LogP contribution in [0.1, 0.15) is 25.8 Å². The molecule has 2 rings (SSSR count). The summed E-state index contributed by atoms with van der Waals surface area (Å²) in [5, 5.41) is 0. The van der Waals surface area contributed by atoms with Crippen LogP contribution in [-0.2, 0) is 5.92 Å². The van der Waals surface area contributed by atoms with Crippen molar-refractivity contribution in [1.82, 2.24) is 0 Å². The summed E-state index contributed by atoms with van der Waals surface area (Å²) in [6.07, 6.45) is 0.768. The van der Waals surface area contributed by atoms with Crippen LogP contribution in [0.2, 0.25) is 0 Å². The summed E-state index contributed by atoms with van der Waals surface area (Å²) in [6, 6.07) is 4.36. The molecule has 0 spiro atoms. The molecule has 0 atom stereocenters. The highest BCUT2D eigenvalue weighted by atomic mass is 19.3. The molecular formula is C13H16F2O2. The van der Waals surface area contributed by atoms with E-state index in [0.717, 1.165) is 6.42 Å². The van der Waals surface area contributed by atoms with E-state index in [-0.39, 0.29) is 5.56 Å². The molecule has 0 radical (unpaired) electrons. The van der Waals surface area contributed by atoms with Crippen LogP contribution in [-0.4, -0.2) is 13.2 Å². The van der Waals surface area contributed by atoms with E-state index in [1.165, 1.54) is 26.0 Å². The topological polar surface area (TPSA) is 18.5 Å². The molecule has 1 heterocycles. The fraction of sp³-hybridized carbons (Fsp3) is 0.538. The lowest BCUT2D eigenvalue weighted by Crippen LogP contribution is -2.20. The predicted molar refractivity (Wildman–Crippen MR) is 60.8 cm³/mol. The molecule has 1 aromatic rings. The number of ether oxygens (including phenoxy) is 2. The summed E-state index contributed by atoms with van der Waals surface area (Å²) in [6.45, 7) is 4.07. The first-order valence-corrected chi connectivity index (χ1v) is 5.79. The van der Waals surface area contributed by atoms with Crippen molar-refractivity contribution in [2.75, 3.05) is 13.2 Å². The molecule has 1 aromatic carbocycles. The normalized spacial score (nSPS) is 15.8. The third-order valence-electron chi connectivity index (χ3n) is 2.86. The number of fused-ring (bicyclic) bond motifs is 1. The molecule has 1 aliphatic rings. The Kier molecular flexibility index (Phi) is 3.22. The van der Waals surface area contributed by atoms with Crippen molar-refractivity contribution in [3.8, 4) is 11.5 Å². The Bertz CT molecular complexity index is 402. The van der Waals surface area contributed by atoms with E-state index in [2.05, 4.69) is 0 Å². The van der Waals surface area contributed by atoms with Gasteiger partial charge in [-0.1, -0.05) is 13.8 Å². The maximum absolute atomic E-state index is 13.9. The second-order valence-electron chi connectivity index (χ2n) is 4.49. The average Bonchev–Trinajstić information content (AvgIpc) is 2.52. The molecule has 94 valence electrons. The molecule has 2 nitrogen and oxygen atoms in total. The number of hydrogen-bond donors (Lipinski definition) is 0. The van der Waals surface area contributed by atoms with E-state index < -0.39 is 11.8 Å². The quantitative estimate of drug-likeness (QED) is 0.789. The van der Waals surface area contributed by atoms with Crippen molar-refractivity contribution in [3.05, 3.63) is 23.8 Å². The average molecular weight is 242 g/mol. The minimum Gasteiger partial charge on any atom is -0.490 e. The highest BCUT2D eigenvalue weighted by molar-refractivity contribution is 5.44. The minimum atomic E-state index is -2.84. The summed E-state index contributed by atoms with van der Waals surface area (Å²) in [5.74, 6) is -2.62. The highest BCUT2D eigenvalue weighted by Gasteiger charge is 2.36. The molecule has 0 saturated carbocycles. The summed E-state index contributed by atoms with van der Waals surface area (Å²) in [5.41, 5.74) is -0.0169. The van der Waals surface area contributed by atoms with E-state index in [0.29, 0.717) is 24.7 Å². The zero-order chi connectivity index (χ0) is 12.5. The van der Waals surface area contributed by atoms with Gasteiger partial charge in [0, 0.05) is 17.9 Å². The number of halogens is 2. The van der Waals surface area contributed by atoms with Gasteiger partial charge in [-0.3, -0.25) is 0 Å². The molecular weight excluding hydrogens is 226 g/mol. The van der Waals surface area contributed by atoms with Gasteiger partial charge in [0.1, 0.15) is 0 Å². The van der Waals surface area contributed by atoms with Crippen molar-refractivity contribution in [3.63, 3.8) is 0 Å². The van der Waals surface area contributed by atoms with Crippen LogP contribution in [0.4, 0.5) is 8.78 Å². The predicted octanol–water partition coefficient (Wildman–Crippen LogP) is 3.60. The van der Waals surface area contributed by atoms with Crippen LogP contribution in [0.25, 0.3) is 0 Å². The summed E-state index contributed by atoms with van der Waals surface area (Å²) >= 11 is 0. The first-order valence-electron chi connectivity index (χ1n) is 5.79. The van der Waals surface area contributed by atoms with Crippen molar-refractivity contribution in [2.24, 2.45) is 5.92 Å². The van der Waals surface area contributed by atoms with Gasteiger partial charge >= 0.3 is 0 Å². The van der Waals surface area contributed by atoms with Crippen LogP contribution < -0.4 is 9.47 Å². The molecule has 0 fully saturated rings. The zero-order valence-corrected chi connectivity index (χ0v) is 10.0. The van der Waals surface area contributed by atoms with Crippen LogP contribution in [0.15, 0.2) is 18.2 Å². The van der Waals surface area contributed by atoms with Gasteiger partial charge in [-0.25, -0.2) is 8.78 Å². The number of hydrogen-bond acceptors (Lipinski definition) is 2. The maximum Gasteiger partial charge on any atom is 0.275 e. The molecule has 0 saturated heterocycles. The monoisotopic (exact) mass is 242 g/mol. The first kappa shape index (κ1) is 12.1. The maximum atomic E-state index is 13.9. The summed E-state index contributed by atoms with van der Waals surface area (Å²) in [4.78, 5) is 0. The van der Waals surface area contributed by atoms with E-state index in [4.69, 9.17) is 9.47 Å². The standard InChI is InChI=1S/C13H16F2O2/c1-9(2)13(14,15)10-4-5-11-12(8-10)17-7-3-6-16-11/h4-5,8-9H,3,6-7H2,1-2H3. The first-order chi connectivity index (χ1) is 8.01. The number of benzene rings is 1. The second kappa shape index (κ2) is 4.51. The Morgan fingerprint density at radius 3 is 2.41 bits per heavy atom. The van der Waals surface area contributed by atoms with Crippen LogP contribution >= 0.6 is 0 Å². The Morgan fingerprint density at radius 2 is 1.76 bits per heavy atom. The van der Waals surface area contributed by atoms with Gasteiger partial charge < -0.3 is 9.47 Å². The Hall–Kier alpha value is -1.32. The van der Waals surface area contributed by atoms with Crippen LogP contribution in [0.5, 0.6) is 11.5 Å². The van der Waals surface area contributed by atoms with E-state index in [9.17, 15) is 8.78 Å². The molecule has 0 unspecified atom stereocenters. The SMILES string of the molecule is CC(C)C(F)(F)c1ccc2c(c1)OCCCO2. The minimum absolute atomic E-state index is 0.0169. The fourth-order valence-electron chi connectivity index (χ4n) is 1.70. The van der Waals surface area contributed by atoms with Crippen LogP contribution in [0.3, 0.4) is 0 Å². The number of alkyl halides is 2. The van der Waals surface area contributed by atoms with Gasteiger partial charge in [0.2, 0.25) is 0 Å². The third-order valence-corrected chi connectivity index (χ3v) is 2.86. The molecule has 1 aliphatic heterocycles. The van der Waals surface area contributed by atoms with Crippen molar-refractivity contribution in [1.29, 1.82) is 0 Å². The van der Waals surface area contributed by atoms with Crippen molar-refractivity contribution < 1.29 is 18.3 Å². The lowest BCUT2D eigenvalue weighted by atomic mass is 9.97. The second-order valence-corrected chi connectivity index (χ2v) is 4.49. The molecule has 4 heteroatoms. The lowest BCUT2D eigenvalue weighted by Gasteiger charge is -2.21. The lowest BCUT2D eigenvalue weighted by molar-refractivity contribution is -0.0515. The highest BCUT2D eigenvalue weighted by Crippen LogP contribution is 2.40. The van der Waals surface area contributed by atoms with E-state index in [1.807, 2.05) is 0 Å². The Labute approximate surface area is 99.5 Å². The van der Waals surface area contributed by atoms with E-state index in [1.54, 1.807) is 6.07 Å². The Balaban J connectivity index is 2.35. The zero-order valence-electron chi connectivity index (χ0n) is 10.0. The van der Waals surface area contributed by atoms with Gasteiger partial charge in [0.05, 0.1) is 13.2 Å². The molecule has 0 N–H and O–H groups in total. The largest absolute Gasteiger partial charge is 0.490 e. The van der Waals surface area contributed by atoms with Crippen molar-refractivity contribution >= 4 is 0 Å². The smallest absolute Gasteiger partial charge is 0.275 e. The number of rotatable bonds is 2. The third kappa shape index (κ3) is 2.35. The molecule has 17 heavy (non-hydrogen) atoms. The van der Waals surface area contributed by atoms with Gasteiger partial charge in [0.15, 0.2) is 11.5 Å². The Morgan fingerprint density at radius 1 is 1.12 bits per heavy atom.